The number of aromatic nitrogens is 3. The highest BCUT2D eigenvalue weighted by Crippen LogP contribution is 2.30. The largest absolute Gasteiger partial charge is 0.394 e. The molecule has 2 aromatic heterocycles. The Kier molecular flexibility index (Phi) is 4.89. The van der Waals surface area contributed by atoms with Gasteiger partial charge < -0.3 is 10.0 Å². The maximum absolute atomic E-state index is 13.4. The second-order valence-electron chi connectivity index (χ2n) is 7.74. The van der Waals surface area contributed by atoms with E-state index < -0.39 is 0 Å². The molecule has 1 saturated heterocycles. The second kappa shape index (κ2) is 7.36. The van der Waals surface area contributed by atoms with Gasteiger partial charge in [-0.15, -0.1) is 0 Å². The van der Waals surface area contributed by atoms with Crippen LogP contribution < -0.4 is 0 Å². The van der Waals surface area contributed by atoms with Gasteiger partial charge in [0.25, 0.3) is 5.91 Å². The van der Waals surface area contributed by atoms with Gasteiger partial charge in [0.05, 0.1) is 36.1 Å². The number of fused-ring (bicyclic) bond motifs is 1. The standard InChI is InChI=1S/C22H26N4O2/c1-14-9-15(2)21-18(22(28)26-6-4-5-16(26)3)11-19(24-20(21)10-14)17-12-23-25(13-17)7-8-27/h9-13,16,27H,4-8H2,1-3H3/t16-/m0/s1. The minimum absolute atomic E-state index is 0.0290. The summed E-state index contributed by atoms with van der Waals surface area (Å²) in [7, 11) is 0. The third-order valence-corrected chi connectivity index (χ3v) is 5.55. The number of hydrogen-bond acceptors (Lipinski definition) is 4. The first-order valence-corrected chi connectivity index (χ1v) is 9.84. The molecular weight excluding hydrogens is 352 g/mol. The predicted molar refractivity (Wildman–Crippen MR) is 109 cm³/mol. The Bertz CT molecular complexity index is 1040. The lowest BCUT2D eigenvalue weighted by atomic mass is 9.98. The van der Waals surface area contributed by atoms with Crippen molar-refractivity contribution in [1.82, 2.24) is 19.7 Å². The van der Waals surface area contributed by atoms with E-state index >= 15 is 0 Å². The maximum atomic E-state index is 13.4. The van der Waals surface area contributed by atoms with Crippen LogP contribution in [0.3, 0.4) is 0 Å². The quantitative estimate of drug-likeness (QED) is 0.756. The first kappa shape index (κ1) is 18.6. The number of likely N-dealkylation sites (tertiary alicyclic amines) is 1. The van der Waals surface area contributed by atoms with Crippen LogP contribution in [0.5, 0.6) is 0 Å². The summed E-state index contributed by atoms with van der Waals surface area (Å²) in [6.45, 7) is 7.47. The fraction of sp³-hybridized carbons (Fsp3) is 0.409. The number of aliphatic hydroxyl groups excluding tert-OH is 1. The minimum atomic E-state index is 0.0290. The van der Waals surface area contributed by atoms with Gasteiger partial charge in [-0.2, -0.15) is 5.10 Å². The van der Waals surface area contributed by atoms with Gasteiger partial charge in [-0.3, -0.25) is 9.48 Å². The zero-order valence-electron chi connectivity index (χ0n) is 16.6. The minimum Gasteiger partial charge on any atom is -0.394 e. The second-order valence-corrected chi connectivity index (χ2v) is 7.74. The van der Waals surface area contributed by atoms with Gasteiger partial charge in [0, 0.05) is 29.7 Å². The van der Waals surface area contributed by atoms with Crippen LogP contribution in [0, 0.1) is 13.8 Å². The monoisotopic (exact) mass is 378 g/mol. The first-order valence-electron chi connectivity index (χ1n) is 9.84. The number of carbonyl (C=O) groups is 1. The molecule has 1 fully saturated rings. The van der Waals surface area contributed by atoms with Crippen molar-refractivity contribution in [3.8, 4) is 11.3 Å². The average Bonchev–Trinajstić information content (AvgIpc) is 3.29. The first-order chi connectivity index (χ1) is 13.5. The molecule has 1 aliphatic heterocycles. The molecule has 1 aliphatic rings. The third kappa shape index (κ3) is 3.29. The molecule has 146 valence electrons. The van der Waals surface area contributed by atoms with E-state index in [1.165, 1.54) is 0 Å². The normalized spacial score (nSPS) is 16.9. The van der Waals surface area contributed by atoms with Gasteiger partial charge in [0.1, 0.15) is 0 Å². The van der Waals surface area contributed by atoms with Crippen LogP contribution in [-0.4, -0.2) is 49.9 Å². The summed E-state index contributed by atoms with van der Waals surface area (Å²) >= 11 is 0. The number of carbonyl (C=O) groups excluding carboxylic acids is 1. The molecule has 0 bridgehead atoms. The smallest absolute Gasteiger partial charge is 0.254 e. The summed E-state index contributed by atoms with van der Waals surface area (Å²) in [4.78, 5) is 20.3. The van der Waals surface area contributed by atoms with Crippen LogP contribution in [-0.2, 0) is 6.54 Å². The molecule has 1 N–H and O–H groups in total. The van der Waals surface area contributed by atoms with E-state index in [4.69, 9.17) is 10.1 Å². The molecule has 0 radical (unpaired) electrons. The highest BCUT2D eigenvalue weighted by Gasteiger charge is 2.28. The van der Waals surface area contributed by atoms with Crippen molar-refractivity contribution in [1.29, 1.82) is 0 Å². The number of benzene rings is 1. The number of amides is 1. The Morgan fingerprint density at radius 3 is 2.82 bits per heavy atom. The molecule has 6 nitrogen and oxygen atoms in total. The Balaban J connectivity index is 1.89. The number of aryl methyl sites for hydroxylation is 2. The van der Waals surface area contributed by atoms with Gasteiger partial charge in [-0.25, -0.2) is 4.98 Å². The van der Waals surface area contributed by atoms with Crippen molar-refractivity contribution < 1.29 is 9.90 Å². The van der Waals surface area contributed by atoms with Crippen molar-refractivity contribution in [3.05, 3.63) is 47.3 Å². The number of rotatable bonds is 4. The van der Waals surface area contributed by atoms with Gasteiger partial charge in [-0.1, -0.05) is 6.07 Å². The van der Waals surface area contributed by atoms with Crippen LogP contribution in [0.2, 0.25) is 0 Å². The third-order valence-electron chi connectivity index (χ3n) is 5.55. The van der Waals surface area contributed by atoms with Crippen molar-refractivity contribution >= 4 is 16.8 Å². The summed E-state index contributed by atoms with van der Waals surface area (Å²) in [6.07, 6.45) is 5.70. The highest BCUT2D eigenvalue weighted by atomic mass is 16.3. The van der Waals surface area contributed by atoms with Crippen molar-refractivity contribution in [3.63, 3.8) is 0 Å². The lowest BCUT2D eigenvalue weighted by Gasteiger charge is -2.23. The van der Waals surface area contributed by atoms with Crippen molar-refractivity contribution in [2.45, 2.75) is 46.2 Å². The van der Waals surface area contributed by atoms with E-state index in [2.05, 4.69) is 18.1 Å². The molecular formula is C22H26N4O2. The maximum Gasteiger partial charge on any atom is 0.254 e. The van der Waals surface area contributed by atoms with Gasteiger partial charge in [0.2, 0.25) is 0 Å². The molecule has 3 aromatic rings. The zero-order valence-corrected chi connectivity index (χ0v) is 16.6. The summed E-state index contributed by atoms with van der Waals surface area (Å²) in [6, 6.07) is 6.30. The summed E-state index contributed by atoms with van der Waals surface area (Å²) in [5.41, 5.74) is 5.31. The molecule has 1 aromatic carbocycles. The molecule has 4 rings (SSSR count). The van der Waals surface area contributed by atoms with E-state index in [0.29, 0.717) is 12.1 Å². The molecule has 1 atom stereocenters. The molecule has 0 unspecified atom stereocenters. The number of nitrogens with zero attached hydrogens (tertiary/aromatic N) is 4. The van der Waals surface area contributed by atoms with E-state index in [0.717, 1.165) is 52.7 Å². The molecule has 28 heavy (non-hydrogen) atoms. The van der Waals surface area contributed by atoms with E-state index in [1.807, 2.05) is 37.1 Å². The lowest BCUT2D eigenvalue weighted by molar-refractivity contribution is 0.0749. The molecule has 0 aliphatic carbocycles. The number of hydrogen-bond donors (Lipinski definition) is 1. The van der Waals surface area contributed by atoms with E-state index in [1.54, 1.807) is 10.9 Å². The van der Waals surface area contributed by atoms with Crippen LogP contribution in [0.25, 0.3) is 22.2 Å². The van der Waals surface area contributed by atoms with Crippen LogP contribution >= 0.6 is 0 Å². The zero-order chi connectivity index (χ0) is 19.8. The average molecular weight is 378 g/mol. The van der Waals surface area contributed by atoms with Crippen LogP contribution in [0.4, 0.5) is 0 Å². The fourth-order valence-corrected chi connectivity index (χ4v) is 4.18. The van der Waals surface area contributed by atoms with E-state index in [-0.39, 0.29) is 18.6 Å². The topological polar surface area (TPSA) is 71.2 Å². The van der Waals surface area contributed by atoms with Gasteiger partial charge >= 0.3 is 0 Å². The van der Waals surface area contributed by atoms with Crippen molar-refractivity contribution in [2.75, 3.05) is 13.2 Å². The highest BCUT2D eigenvalue weighted by molar-refractivity contribution is 6.08. The lowest BCUT2D eigenvalue weighted by Crippen LogP contribution is -2.33. The Hall–Kier alpha value is -2.73. The Labute approximate surface area is 164 Å². The fourth-order valence-electron chi connectivity index (χ4n) is 4.18. The SMILES string of the molecule is Cc1cc(C)c2c(C(=O)N3CCC[C@@H]3C)cc(-c3cnn(CCO)c3)nc2c1. The van der Waals surface area contributed by atoms with E-state index in [9.17, 15) is 4.79 Å². The Morgan fingerprint density at radius 1 is 1.29 bits per heavy atom. The summed E-state index contributed by atoms with van der Waals surface area (Å²) in [5, 5.41) is 14.4. The predicted octanol–water partition coefficient (Wildman–Crippen LogP) is 3.33. The van der Waals surface area contributed by atoms with Gasteiger partial charge in [0.15, 0.2) is 0 Å². The number of pyridine rings is 1. The molecule has 1 amide bonds. The summed E-state index contributed by atoms with van der Waals surface area (Å²) in [5.74, 6) is 0.0772. The molecule has 0 saturated carbocycles. The molecule has 3 heterocycles. The van der Waals surface area contributed by atoms with Crippen molar-refractivity contribution in [2.24, 2.45) is 0 Å². The number of aliphatic hydroxyl groups is 1. The molecule has 0 spiro atoms. The van der Waals surface area contributed by atoms with Crippen LogP contribution in [0.15, 0.2) is 30.6 Å². The molecule has 6 heteroatoms. The summed E-state index contributed by atoms with van der Waals surface area (Å²) < 4.78 is 1.69. The Morgan fingerprint density at radius 2 is 2.11 bits per heavy atom. The van der Waals surface area contributed by atoms with Gasteiger partial charge in [-0.05, 0) is 56.9 Å². The van der Waals surface area contributed by atoms with Crippen LogP contribution in [0.1, 0.15) is 41.3 Å².